The largest absolute Gasteiger partial charge is 0.461 e. The number of hydrogen-bond donors (Lipinski definition) is 1. The number of ether oxygens (including phenoxy) is 4. The number of alkyl carbamates (subject to hydrolysis) is 1. The number of halogens is 2. The van der Waals surface area contributed by atoms with Crippen molar-refractivity contribution in [2.24, 2.45) is 0 Å². The Labute approximate surface area is 322 Å². The van der Waals surface area contributed by atoms with Crippen molar-refractivity contribution < 1.29 is 37.3 Å². The molecule has 2 aromatic heterocycles. The van der Waals surface area contributed by atoms with Gasteiger partial charge in [0.25, 0.3) is 0 Å². The summed E-state index contributed by atoms with van der Waals surface area (Å²) < 4.78 is 55.8. The molecule has 294 valence electrons. The zero-order valence-electron chi connectivity index (χ0n) is 31.4. The number of benzene rings is 2. The van der Waals surface area contributed by atoms with Gasteiger partial charge in [0.2, 0.25) is 0 Å². The predicted octanol–water partition coefficient (Wildman–Crippen LogP) is 5.94. The fourth-order valence-electron chi connectivity index (χ4n) is 10.1. The molecule has 0 saturated carbocycles. The molecule has 7 aliphatic rings. The van der Waals surface area contributed by atoms with Crippen molar-refractivity contribution in [1.82, 2.24) is 30.1 Å². The van der Waals surface area contributed by atoms with Gasteiger partial charge in [0.15, 0.2) is 5.82 Å². The van der Waals surface area contributed by atoms with E-state index < -0.39 is 35.3 Å². The normalized spacial score (nSPS) is 28.8. The molecule has 5 saturated heterocycles. The quantitative estimate of drug-likeness (QED) is 0.265. The van der Waals surface area contributed by atoms with Crippen LogP contribution < -0.4 is 19.7 Å². The van der Waals surface area contributed by atoms with Gasteiger partial charge in [0.05, 0.1) is 48.4 Å². The maximum absolute atomic E-state index is 17.5. The maximum atomic E-state index is 17.5. The van der Waals surface area contributed by atoms with Crippen molar-refractivity contribution >= 4 is 39.7 Å². The second-order valence-corrected chi connectivity index (χ2v) is 16.7. The predicted molar refractivity (Wildman–Crippen MR) is 202 cm³/mol. The minimum Gasteiger partial charge on any atom is -0.461 e. The number of morpholine rings is 1. The van der Waals surface area contributed by atoms with Crippen molar-refractivity contribution in [2.45, 2.75) is 87.6 Å². The molecule has 0 radical (unpaired) electrons. The first-order chi connectivity index (χ1) is 27.2. The smallest absolute Gasteiger partial charge is 0.415 e. The van der Waals surface area contributed by atoms with Crippen molar-refractivity contribution in [3.63, 3.8) is 0 Å². The lowest BCUT2D eigenvalue weighted by Gasteiger charge is -2.51. The summed E-state index contributed by atoms with van der Waals surface area (Å²) in [6.45, 7) is 5.41. The van der Waals surface area contributed by atoms with Gasteiger partial charge in [-0.2, -0.15) is 9.97 Å². The Balaban J connectivity index is 1.11. The summed E-state index contributed by atoms with van der Waals surface area (Å²) in [5.41, 5.74) is 0.266. The molecule has 9 heterocycles. The molecule has 0 aliphatic carbocycles. The third kappa shape index (κ3) is 6.14. The Hall–Kier alpha value is -4.89. The Morgan fingerprint density at radius 1 is 1.11 bits per heavy atom. The van der Waals surface area contributed by atoms with Crippen LogP contribution in [0.5, 0.6) is 11.8 Å². The third-order valence-corrected chi connectivity index (χ3v) is 12.8. The highest BCUT2D eigenvalue weighted by Crippen LogP contribution is 2.43. The lowest BCUT2D eigenvalue weighted by Crippen LogP contribution is -2.66. The standard InChI is InChI=1S/C41H45F2N7O6/c1-40-9-4-11-48(22-40)36-31-18-44-34(33(43)35(31)45-37(46-36)55-23-41-10-5-12-49(41)19-26(42)17-41)30-16-29(56-39(52)50-27-15-28(50)21-53-20-27)14-25-7-2-6-24(32(25)30)8-3-13-54-38(51)47-40/h2,6-7,14,16,18,26-28H,3-5,8-13,15,17,19-23H2,1H3,(H,47,51)/t26-,27?,28?,40-,41+/m1/s1. The first-order valence-corrected chi connectivity index (χ1v) is 19.9. The number of hydrogen-bond acceptors (Lipinski definition) is 11. The van der Waals surface area contributed by atoms with E-state index in [0.717, 1.165) is 48.6 Å². The van der Waals surface area contributed by atoms with E-state index in [1.807, 2.05) is 30.0 Å². The van der Waals surface area contributed by atoms with Gasteiger partial charge in [-0.1, -0.05) is 18.2 Å². The molecule has 4 aromatic rings. The van der Waals surface area contributed by atoms with Gasteiger partial charge >= 0.3 is 18.2 Å². The number of aromatic nitrogens is 3. The van der Waals surface area contributed by atoms with Gasteiger partial charge in [-0.3, -0.25) is 14.8 Å². The molecule has 11 rings (SSSR count). The molecule has 2 aromatic carbocycles. The molecular weight excluding hydrogens is 724 g/mol. The van der Waals surface area contributed by atoms with E-state index in [1.165, 1.54) is 0 Å². The Kier molecular flexibility index (Phi) is 8.65. The molecule has 8 bridgehead atoms. The van der Waals surface area contributed by atoms with E-state index >= 15 is 4.39 Å². The van der Waals surface area contributed by atoms with Crippen LogP contribution in [0.25, 0.3) is 32.9 Å². The Morgan fingerprint density at radius 2 is 1.96 bits per heavy atom. The van der Waals surface area contributed by atoms with Crippen LogP contribution in [-0.2, 0) is 15.9 Å². The van der Waals surface area contributed by atoms with Gasteiger partial charge in [0.1, 0.15) is 35.6 Å². The molecular formula is C41H45F2N7O6. The van der Waals surface area contributed by atoms with E-state index in [2.05, 4.69) is 10.2 Å². The average molecular weight is 770 g/mol. The van der Waals surface area contributed by atoms with E-state index in [1.54, 1.807) is 23.2 Å². The van der Waals surface area contributed by atoms with Crippen molar-refractivity contribution in [3.8, 4) is 23.0 Å². The Morgan fingerprint density at radius 3 is 2.82 bits per heavy atom. The van der Waals surface area contributed by atoms with Gasteiger partial charge in [-0.05, 0) is 86.9 Å². The van der Waals surface area contributed by atoms with Crippen molar-refractivity contribution in [2.75, 3.05) is 57.5 Å². The van der Waals surface area contributed by atoms with Crippen molar-refractivity contribution in [1.29, 1.82) is 0 Å². The molecule has 2 amide bonds. The molecule has 1 N–H and O–H groups in total. The van der Waals surface area contributed by atoms with Crippen LogP contribution in [0.15, 0.2) is 36.5 Å². The summed E-state index contributed by atoms with van der Waals surface area (Å²) in [7, 11) is 0. The molecule has 5 fully saturated rings. The van der Waals surface area contributed by atoms with Gasteiger partial charge in [-0.15, -0.1) is 0 Å². The van der Waals surface area contributed by atoms with Gasteiger partial charge < -0.3 is 29.2 Å². The molecule has 15 heteroatoms. The SMILES string of the molecule is C[C@@]12CCCN(C1)c1nc(OC[C@@]34CCCN3C[C@H](F)C4)nc3c(F)c(ncc13)-c1cc(OC(=O)N3C4COCC3C4)cc3cccc(c13)CCCOC(=O)N2. The third-order valence-electron chi connectivity index (χ3n) is 12.8. The average Bonchev–Trinajstić information content (AvgIpc) is 3.70. The molecule has 7 aliphatic heterocycles. The van der Waals surface area contributed by atoms with Gasteiger partial charge in [-0.25, -0.2) is 18.4 Å². The van der Waals surface area contributed by atoms with Crippen molar-refractivity contribution in [3.05, 3.63) is 47.9 Å². The van der Waals surface area contributed by atoms with E-state index in [0.29, 0.717) is 75.3 Å². The highest BCUT2D eigenvalue weighted by molar-refractivity contribution is 6.02. The topological polar surface area (TPSA) is 131 Å². The summed E-state index contributed by atoms with van der Waals surface area (Å²) in [5.74, 6) is 0.0214. The summed E-state index contributed by atoms with van der Waals surface area (Å²) in [4.78, 5) is 46.9. The molecule has 5 atom stereocenters. The number of alkyl halides is 1. The van der Waals surface area contributed by atoms with Crippen LogP contribution >= 0.6 is 0 Å². The van der Waals surface area contributed by atoms with Crippen LogP contribution in [0.3, 0.4) is 0 Å². The summed E-state index contributed by atoms with van der Waals surface area (Å²) in [5, 5.41) is 4.94. The zero-order chi connectivity index (χ0) is 38.2. The number of fused-ring (bicyclic) bond motifs is 9. The minimum atomic E-state index is -0.936. The monoisotopic (exact) mass is 769 g/mol. The summed E-state index contributed by atoms with van der Waals surface area (Å²) in [6.07, 6.45) is 5.15. The number of piperidine rings is 1. The molecule has 56 heavy (non-hydrogen) atoms. The molecule has 0 spiro atoms. The maximum Gasteiger partial charge on any atom is 0.415 e. The molecule has 2 unspecified atom stereocenters. The summed E-state index contributed by atoms with van der Waals surface area (Å²) in [6, 6.07) is 9.15. The lowest BCUT2D eigenvalue weighted by molar-refractivity contribution is -0.107. The number of nitrogens with zero attached hydrogens (tertiary/aromatic N) is 6. The van der Waals surface area contributed by atoms with Crippen LogP contribution in [0, 0.1) is 5.82 Å². The van der Waals surface area contributed by atoms with Crippen LogP contribution in [0.2, 0.25) is 0 Å². The second kappa shape index (κ2) is 13.6. The number of carbonyl (C=O) groups is 2. The first-order valence-electron chi connectivity index (χ1n) is 19.9. The zero-order valence-corrected chi connectivity index (χ0v) is 31.4. The number of pyridine rings is 1. The van der Waals surface area contributed by atoms with E-state index in [9.17, 15) is 14.0 Å². The van der Waals surface area contributed by atoms with Crippen LogP contribution in [-0.4, -0.2) is 119 Å². The van der Waals surface area contributed by atoms with Gasteiger partial charge in [0, 0.05) is 37.8 Å². The first kappa shape index (κ1) is 35.5. The second-order valence-electron chi connectivity index (χ2n) is 16.7. The number of rotatable bonds is 4. The highest BCUT2D eigenvalue weighted by atomic mass is 19.1. The fraction of sp³-hybridized carbons (Fsp3) is 0.537. The number of aryl methyl sites for hydroxylation is 1. The number of carbonyl (C=O) groups excluding carboxylic acids is 2. The van der Waals surface area contributed by atoms with E-state index in [4.69, 9.17) is 33.9 Å². The van der Waals surface area contributed by atoms with E-state index in [-0.39, 0.29) is 48.3 Å². The lowest BCUT2D eigenvalue weighted by atomic mass is 9.91. The van der Waals surface area contributed by atoms with Crippen LogP contribution in [0.1, 0.15) is 57.4 Å². The number of amides is 2. The Bertz CT molecular complexity index is 2230. The summed E-state index contributed by atoms with van der Waals surface area (Å²) >= 11 is 0. The number of nitrogens with one attached hydrogen (secondary N) is 1. The minimum absolute atomic E-state index is 0.0121. The highest BCUT2D eigenvalue weighted by Gasteiger charge is 2.50. The number of anilines is 1. The van der Waals surface area contributed by atoms with Crippen LogP contribution in [0.4, 0.5) is 24.2 Å². The molecule has 13 nitrogen and oxygen atoms in total. The fourth-order valence-corrected chi connectivity index (χ4v) is 10.1.